The Bertz CT molecular complexity index is 1030. The number of aromatic nitrogens is 3. The molecule has 7 nitrogen and oxygen atoms in total. The molecule has 0 spiro atoms. The number of alkyl halides is 1. The van der Waals surface area contributed by atoms with Crippen molar-refractivity contribution >= 4 is 35.1 Å². The zero-order valence-electron chi connectivity index (χ0n) is 16.0. The first-order valence-corrected chi connectivity index (χ1v) is 9.10. The smallest absolute Gasteiger partial charge is 0.206 e. The van der Waals surface area contributed by atoms with Gasteiger partial charge in [-0.3, -0.25) is 4.98 Å². The summed E-state index contributed by atoms with van der Waals surface area (Å²) < 4.78 is 21.3. The van der Waals surface area contributed by atoms with E-state index in [1.165, 1.54) is 0 Å². The van der Waals surface area contributed by atoms with Gasteiger partial charge in [0.2, 0.25) is 11.6 Å². The lowest BCUT2D eigenvalue weighted by molar-refractivity contribution is 0.243. The number of nitrogens with zero attached hydrogens (tertiary/aromatic N) is 5. The van der Waals surface area contributed by atoms with Crippen LogP contribution in [0.3, 0.4) is 0 Å². The molecule has 9 heteroatoms. The summed E-state index contributed by atoms with van der Waals surface area (Å²) in [4.78, 5) is 14.6. The first-order chi connectivity index (χ1) is 13.6. The first kappa shape index (κ1) is 20.8. The number of ether oxygens (including phenoxy) is 1. The molecule has 1 aliphatic heterocycles. The molecule has 1 saturated heterocycles. The van der Waals surface area contributed by atoms with Gasteiger partial charge in [0, 0.05) is 25.4 Å². The maximum Gasteiger partial charge on any atom is 0.206 e. The molecule has 0 aliphatic carbocycles. The summed E-state index contributed by atoms with van der Waals surface area (Å²) >= 11 is 0. The van der Waals surface area contributed by atoms with Crippen LogP contribution in [0.15, 0.2) is 36.5 Å². The minimum absolute atomic E-state index is 0. The van der Waals surface area contributed by atoms with Crippen molar-refractivity contribution in [3.8, 4) is 5.75 Å². The number of fused-ring (bicyclic) bond motifs is 1. The zero-order valence-corrected chi connectivity index (χ0v) is 16.8. The summed E-state index contributed by atoms with van der Waals surface area (Å²) in [5.41, 5.74) is 9.00. The lowest BCUT2D eigenvalue weighted by atomic mass is 10.1. The predicted octanol–water partition coefficient (Wildman–Crippen LogP) is 3.34. The Morgan fingerprint density at radius 1 is 1.34 bits per heavy atom. The van der Waals surface area contributed by atoms with Crippen LogP contribution in [0.2, 0.25) is 0 Å². The van der Waals surface area contributed by atoms with Gasteiger partial charge in [-0.05, 0) is 24.6 Å². The molecule has 0 amide bonds. The fourth-order valence-electron chi connectivity index (χ4n) is 3.49. The highest BCUT2D eigenvalue weighted by Gasteiger charge is 2.29. The van der Waals surface area contributed by atoms with E-state index in [1.54, 1.807) is 19.4 Å². The van der Waals surface area contributed by atoms with E-state index in [9.17, 15) is 4.39 Å². The molecule has 0 unspecified atom stereocenters. The van der Waals surface area contributed by atoms with Gasteiger partial charge in [0.1, 0.15) is 11.9 Å². The molecule has 0 radical (unpaired) electrons. The van der Waals surface area contributed by atoms with Crippen molar-refractivity contribution in [1.29, 1.82) is 0 Å². The van der Waals surface area contributed by atoms with E-state index < -0.39 is 12.2 Å². The molecule has 1 aromatic carbocycles. The Labute approximate surface area is 174 Å². The standard InChI is InChI=1S/C20H21FN6O.ClH/c1-23-13-3-4-14(24-10-13)11-27-19-9-15(28-2)5-6-18(19)25-20(27)26-8-7-16(21)17(22)12-26;/h3-6,9-10,16-17H,7-8,11-12,22H2,2H3;1H/t16-,17+;/m0./s1. The van der Waals surface area contributed by atoms with Crippen molar-refractivity contribution in [3.63, 3.8) is 0 Å². The van der Waals surface area contributed by atoms with Gasteiger partial charge < -0.3 is 19.9 Å². The number of hydrogen-bond donors (Lipinski definition) is 1. The minimum atomic E-state index is -0.989. The molecular formula is C20H22ClFN6O. The van der Waals surface area contributed by atoms with Crippen LogP contribution in [0.1, 0.15) is 12.1 Å². The Hall–Kier alpha value is -2.89. The van der Waals surface area contributed by atoms with Crippen molar-refractivity contribution in [2.75, 3.05) is 25.1 Å². The van der Waals surface area contributed by atoms with Gasteiger partial charge >= 0.3 is 0 Å². The van der Waals surface area contributed by atoms with Crippen LogP contribution >= 0.6 is 12.4 Å². The second kappa shape index (κ2) is 8.64. The molecule has 152 valence electrons. The van der Waals surface area contributed by atoms with Gasteiger partial charge in [-0.25, -0.2) is 14.2 Å². The minimum Gasteiger partial charge on any atom is -0.497 e. The molecule has 2 aromatic heterocycles. The lowest BCUT2D eigenvalue weighted by Crippen LogP contribution is -2.50. The second-order valence-electron chi connectivity index (χ2n) is 6.89. The third-order valence-corrected chi connectivity index (χ3v) is 5.05. The van der Waals surface area contributed by atoms with E-state index in [0.717, 1.165) is 28.4 Å². The van der Waals surface area contributed by atoms with Crippen LogP contribution in [0.25, 0.3) is 15.9 Å². The highest BCUT2D eigenvalue weighted by molar-refractivity contribution is 5.85. The number of benzene rings is 1. The fourth-order valence-corrected chi connectivity index (χ4v) is 3.49. The second-order valence-corrected chi connectivity index (χ2v) is 6.89. The molecule has 29 heavy (non-hydrogen) atoms. The van der Waals surface area contributed by atoms with Crippen LogP contribution in [-0.2, 0) is 6.54 Å². The van der Waals surface area contributed by atoms with Gasteiger partial charge in [0.05, 0.1) is 43.0 Å². The third-order valence-electron chi connectivity index (χ3n) is 5.05. The van der Waals surface area contributed by atoms with E-state index in [1.807, 2.05) is 33.7 Å². The summed E-state index contributed by atoms with van der Waals surface area (Å²) in [7, 11) is 1.62. The maximum absolute atomic E-state index is 13.9. The normalized spacial score (nSPS) is 18.9. The van der Waals surface area contributed by atoms with Crippen LogP contribution in [0.4, 0.5) is 16.0 Å². The Morgan fingerprint density at radius 3 is 2.83 bits per heavy atom. The number of hydrogen-bond acceptors (Lipinski definition) is 5. The number of anilines is 1. The van der Waals surface area contributed by atoms with E-state index >= 15 is 0 Å². The number of nitrogens with two attached hydrogens (primary N) is 1. The van der Waals surface area contributed by atoms with Gasteiger partial charge in [-0.15, -0.1) is 12.4 Å². The SMILES string of the molecule is Cl.[C-]#[N+]c1ccc(Cn2c(N3CC[C@H](F)[C@H](N)C3)nc3ccc(OC)cc32)nc1. The Morgan fingerprint density at radius 2 is 2.17 bits per heavy atom. The molecule has 3 heterocycles. The van der Waals surface area contributed by atoms with E-state index in [0.29, 0.717) is 31.7 Å². The number of methoxy groups -OCH3 is 1. The number of pyridine rings is 1. The summed E-state index contributed by atoms with van der Waals surface area (Å²) in [6.45, 7) is 8.51. The molecule has 2 N–H and O–H groups in total. The van der Waals surface area contributed by atoms with Gasteiger partial charge in [0.15, 0.2) is 0 Å². The number of imidazole rings is 1. The van der Waals surface area contributed by atoms with E-state index in [-0.39, 0.29) is 12.4 Å². The predicted molar refractivity (Wildman–Crippen MR) is 113 cm³/mol. The molecule has 0 bridgehead atoms. The van der Waals surface area contributed by atoms with Crippen molar-refractivity contribution in [2.24, 2.45) is 5.73 Å². The van der Waals surface area contributed by atoms with Gasteiger partial charge in [-0.1, -0.05) is 6.07 Å². The number of rotatable bonds is 4. The molecule has 3 aromatic rings. The van der Waals surface area contributed by atoms with Crippen molar-refractivity contribution < 1.29 is 9.13 Å². The van der Waals surface area contributed by atoms with Crippen LogP contribution in [0.5, 0.6) is 5.75 Å². The molecule has 1 fully saturated rings. The first-order valence-electron chi connectivity index (χ1n) is 9.10. The summed E-state index contributed by atoms with van der Waals surface area (Å²) in [5.74, 6) is 1.47. The highest BCUT2D eigenvalue weighted by atomic mass is 35.5. The van der Waals surface area contributed by atoms with Gasteiger partial charge in [-0.2, -0.15) is 0 Å². The van der Waals surface area contributed by atoms with Crippen LogP contribution in [0, 0.1) is 6.57 Å². The van der Waals surface area contributed by atoms with Crippen LogP contribution < -0.4 is 15.4 Å². The molecule has 2 atom stereocenters. The largest absolute Gasteiger partial charge is 0.497 e. The highest BCUT2D eigenvalue weighted by Crippen LogP contribution is 2.29. The molecule has 4 rings (SSSR count). The van der Waals surface area contributed by atoms with Crippen molar-refractivity contribution in [2.45, 2.75) is 25.2 Å². The van der Waals surface area contributed by atoms with Crippen LogP contribution in [-0.4, -0.2) is 46.9 Å². The van der Waals surface area contributed by atoms with Crippen molar-refractivity contribution in [3.05, 3.63) is 53.6 Å². The molecular weight excluding hydrogens is 395 g/mol. The molecule has 0 saturated carbocycles. The third kappa shape index (κ3) is 4.11. The monoisotopic (exact) mass is 416 g/mol. The summed E-state index contributed by atoms with van der Waals surface area (Å²) in [5, 5.41) is 0. The van der Waals surface area contributed by atoms with Gasteiger partial charge in [0.25, 0.3) is 0 Å². The Kier molecular flexibility index (Phi) is 6.20. The number of piperidine rings is 1. The lowest BCUT2D eigenvalue weighted by Gasteiger charge is -2.34. The van der Waals surface area contributed by atoms with E-state index in [2.05, 4.69) is 9.83 Å². The average Bonchev–Trinajstić information content (AvgIpc) is 3.08. The van der Waals surface area contributed by atoms with Crippen molar-refractivity contribution in [1.82, 2.24) is 14.5 Å². The summed E-state index contributed by atoms with van der Waals surface area (Å²) in [6.07, 6.45) is 0.953. The Balaban J connectivity index is 0.00000240. The summed E-state index contributed by atoms with van der Waals surface area (Å²) in [6, 6.07) is 8.76. The number of halogens is 2. The topological polar surface area (TPSA) is 73.6 Å². The quantitative estimate of drug-likeness (QED) is 0.660. The fraction of sp³-hybridized carbons (Fsp3) is 0.350. The maximum atomic E-state index is 13.9. The zero-order chi connectivity index (χ0) is 19.7. The average molecular weight is 417 g/mol. The van der Waals surface area contributed by atoms with E-state index in [4.69, 9.17) is 22.0 Å². The molecule has 1 aliphatic rings.